The van der Waals surface area contributed by atoms with Crippen LogP contribution in [0.15, 0.2) is 41.3 Å². The van der Waals surface area contributed by atoms with E-state index in [0.717, 1.165) is 11.1 Å². The lowest BCUT2D eigenvalue weighted by atomic mass is 10.2. The van der Waals surface area contributed by atoms with Crippen molar-refractivity contribution in [2.24, 2.45) is 0 Å². The largest absolute Gasteiger partial charge is 0.495 e. The number of halogens is 1. The first-order valence-electron chi connectivity index (χ1n) is 8.71. The Hall–Kier alpha value is -2.58. The van der Waals surface area contributed by atoms with E-state index in [1.165, 1.54) is 19.2 Å². The van der Waals surface area contributed by atoms with E-state index in [1.54, 1.807) is 31.2 Å². The highest BCUT2D eigenvalue weighted by molar-refractivity contribution is 7.91. The minimum Gasteiger partial charge on any atom is -0.495 e. The first-order chi connectivity index (χ1) is 13.6. The molecule has 0 unspecified atom stereocenters. The average molecular weight is 440 g/mol. The normalized spacial score (nSPS) is 11.0. The smallest absolute Gasteiger partial charge is 0.307 e. The summed E-state index contributed by atoms with van der Waals surface area (Å²) in [6.07, 6.45) is -0.354. The molecule has 0 aliphatic rings. The molecule has 1 N–H and O–H groups in total. The number of esters is 1. The molecular formula is C20H22ClNO6S. The van der Waals surface area contributed by atoms with E-state index in [2.05, 4.69) is 5.32 Å². The lowest BCUT2D eigenvalue weighted by Crippen LogP contribution is -2.22. The summed E-state index contributed by atoms with van der Waals surface area (Å²) >= 11 is 6.02. The molecule has 0 aliphatic carbocycles. The number of rotatable bonds is 8. The fourth-order valence-corrected chi connectivity index (χ4v) is 3.79. The monoisotopic (exact) mass is 439 g/mol. The highest BCUT2D eigenvalue weighted by Gasteiger charge is 2.18. The second-order valence-corrected chi connectivity index (χ2v) is 8.91. The topological polar surface area (TPSA) is 98.8 Å². The quantitative estimate of drug-likeness (QED) is 0.633. The van der Waals surface area contributed by atoms with Gasteiger partial charge in [0.1, 0.15) is 5.75 Å². The Morgan fingerprint density at radius 3 is 2.38 bits per heavy atom. The molecule has 0 aromatic heterocycles. The van der Waals surface area contributed by atoms with E-state index in [9.17, 15) is 18.0 Å². The SMILES string of the molecule is COc1cc(Cl)c(C)cc1NC(=O)COC(=O)CCS(=O)(=O)c1ccc(C)cc1. The summed E-state index contributed by atoms with van der Waals surface area (Å²) in [4.78, 5) is 24.0. The van der Waals surface area contributed by atoms with E-state index >= 15 is 0 Å². The standard InChI is InChI=1S/C20H22ClNO6S/c1-13-4-6-15(7-5-13)29(25,26)9-8-20(24)28-12-19(23)22-17-10-14(2)16(21)11-18(17)27-3/h4-7,10-11H,8-9,12H2,1-3H3,(H,22,23). The number of sulfone groups is 1. The van der Waals surface area contributed by atoms with Crippen molar-refractivity contribution in [1.29, 1.82) is 0 Å². The summed E-state index contributed by atoms with van der Waals surface area (Å²) in [7, 11) is -2.17. The van der Waals surface area contributed by atoms with Crippen molar-refractivity contribution in [3.8, 4) is 5.75 Å². The van der Waals surface area contributed by atoms with Crippen molar-refractivity contribution in [3.05, 3.63) is 52.5 Å². The van der Waals surface area contributed by atoms with Crippen LogP contribution in [0.5, 0.6) is 5.75 Å². The Kier molecular flexibility index (Phi) is 7.64. The van der Waals surface area contributed by atoms with E-state index < -0.39 is 34.1 Å². The molecule has 7 nitrogen and oxygen atoms in total. The van der Waals surface area contributed by atoms with Crippen molar-refractivity contribution >= 4 is 39.0 Å². The summed E-state index contributed by atoms with van der Waals surface area (Å²) < 4.78 is 34.5. The zero-order valence-corrected chi connectivity index (χ0v) is 17.9. The summed E-state index contributed by atoms with van der Waals surface area (Å²) in [6.45, 7) is 3.07. The van der Waals surface area contributed by atoms with E-state index in [4.69, 9.17) is 21.1 Å². The van der Waals surface area contributed by atoms with Crippen molar-refractivity contribution in [2.75, 3.05) is 24.8 Å². The number of nitrogens with one attached hydrogen (secondary N) is 1. The number of benzene rings is 2. The summed E-state index contributed by atoms with van der Waals surface area (Å²) in [6, 6.07) is 9.55. The Morgan fingerprint density at radius 2 is 1.76 bits per heavy atom. The van der Waals surface area contributed by atoms with Crippen LogP contribution < -0.4 is 10.1 Å². The summed E-state index contributed by atoms with van der Waals surface area (Å²) in [5.41, 5.74) is 2.06. The zero-order valence-electron chi connectivity index (χ0n) is 16.3. The van der Waals surface area contributed by atoms with Gasteiger partial charge in [-0.2, -0.15) is 0 Å². The molecule has 0 spiro atoms. The number of amides is 1. The van der Waals surface area contributed by atoms with E-state index in [1.807, 2.05) is 6.92 Å². The fraction of sp³-hybridized carbons (Fsp3) is 0.300. The van der Waals surface area contributed by atoms with Crippen LogP contribution in [0.1, 0.15) is 17.5 Å². The van der Waals surface area contributed by atoms with Gasteiger partial charge in [-0.15, -0.1) is 0 Å². The molecule has 0 saturated carbocycles. The van der Waals surface area contributed by atoms with Gasteiger partial charge in [0.25, 0.3) is 5.91 Å². The molecule has 0 aliphatic heterocycles. The lowest BCUT2D eigenvalue weighted by Gasteiger charge is -2.12. The third kappa shape index (κ3) is 6.47. The van der Waals surface area contributed by atoms with Crippen LogP contribution in [-0.2, 0) is 24.2 Å². The Balaban J connectivity index is 1.87. The maximum absolute atomic E-state index is 12.2. The first-order valence-corrected chi connectivity index (χ1v) is 10.7. The van der Waals surface area contributed by atoms with E-state index in [-0.39, 0.29) is 11.3 Å². The van der Waals surface area contributed by atoms with Crippen LogP contribution in [0.4, 0.5) is 5.69 Å². The van der Waals surface area contributed by atoms with Crippen LogP contribution in [-0.4, -0.2) is 39.8 Å². The molecule has 2 rings (SSSR count). The number of hydrogen-bond acceptors (Lipinski definition) is 6. The van der Waals surface area contributed by atoms with Crippen LogP contribution in [0.25, 0.3) is 0 Å². The van der Waals surface area contributed by atoms with Gasteiger partial charge in [0.2, 0.25) is 0 Å². The molecule has 0 bridgehead atoms. The lowest BCUT2D eigenvalue weighted by molar-refractivity contribution is -0.146. The van der Waals surface area contributed by atoms with Gasteiger partial charge in [-0.3, -0.25) is 9.59 Å². The minimum atomic E-state index is -3.61. The zero-order chi connectivity index (χ0) is 21.6. The number of aryl methyl sites for hydroxylation is 2. The summed E-state index contributed by atoms with van der Waals surface area (Å²) in [5, 5.41) is 3.06. The Labute approximate surface area is 174 Å². The maximum Gasteiger partial charge on any atom is 0.307 e. The third-order valence-electron chi connectivity index (χ3n) is 4.07. The van der Waals surface area contributed by atoms with Crippen LogP contribution in [0, 0.1) is 13.8 Å². The number of methoxy groups -OCH3 is 1. The second-order valence-electron chi connectivity index (χ2n) is 6.39. The predicted molar refractivity (Wildman–Crippen MR) is 110 cm³/mol. The molecule has 1 amide bonds. The number of anilines is 1. The highest BCUT2D eigenvalue weighted by atomic mass is 35.5. The van der Waals surface area contributed by atoms with Crippen molar-refractivity contribution in [2.45, 2.75) is 25.2 Å². The summed E-state index contributed by atoms with van der Waals surface area (Å²) in [5.74, 6) is -1.40. The molecule has 0 radical (unpaired) electrons. The van der Waals surface area contributed by atoms with Gasteiger partial charge in [0.05, 0.1) is 29.9 Å². The molecule has 0 heterocycles. The van der Waals surface area contributed by atoms with Crippen molar-refractivity contribution in [3.63, 3.8) is 0 Å². The molecule has 0 atom stereocenters. The second kappa shape index (κ2) is 9.76. The molecular weight excluding hydrogens is 418 g/mol. The molecule has 0 fully saturated rings. The van der Waals surface area contributed by atoms with E-state index in [0.29, 0.717) is 16.5 Å². The molecule has 9 heteroatoms. The number of carbonyl (C=O) groups excluding carboxylic acids is 2. The molecule has 0 saturated heterocycles. The van der Waals surface area contributed by atoms with Gasteiger partial charge < -0.3 is 14.8 Å². The molecule has 2 aromatic carbocycles. The van der Waals surface area contributed by atoms with Crippen molar-refractivity contribution in [1.82, 2.24) is 0 Å². The molecule has 156 valence electrons. The van der Waals surface area contributed by atoms with Crippen molar-refractivity contribution < 1.29 is 27.5 Å². The highest BCUT2D eigenvalue weighted by Crippen LogP contribution is 2.30. The van der Waals surface area contributed by atoms with Gasteiger partial charge >= 0.3 is 5.97 Å². The number of carbonyl (C=O) groups is 2. The van der Waals surface area contributed by atoms with Gasteiger partial charge in [-0.1, -0.05) is 29.3 Å². The van der Waals surface area contributed by atoms with Gasteiger partial charge in [-0.05, 0) is 37.6 Å². The Morgan fingerprint density at radius 1 is 1.10 bits per heavy atom. The number of ether oxygens (including phenoxy) is 2. The van der Waals surface area contributed by atoms with Crippen LogP contribution >= 0.6 is 11.6 Å². The van der Waals surface area contributed by atoms with Gasteiger partial charge in [-0.25, -0.2) is 8.42 Å². The Bertz CT molecular complexity index is 1000. The van der Waals surface area contributed by atoms with Crippen LogP contribution in [0.2, 0.25) is 5.02 Å². The average Bonchev–Trinajstić information content (AvgIpc) is 2.67. The molecule has 29 heavy (non-hydrogen) atoms. The molecule has 2 aromatic rings. The van der Waals surface area contributed by atoms with Crippen LogP contribution in [0.3, 0.4) is 0 Å². The maximum atomic E-state index is 12.2. The van der Waals surface area contributed by atoms with Gasteiger partial charge in [0.15, 0.2) is 16.4 Å². The fourth-order valence-electron chi connectivity index (χ4n) is 2.42. The number of hydrogen-bond donors (Lipinski definition) is 1. The third-order valence-corrected chi connectivity index (χ3v) is 6.21. The minimum absolute atomic E-state index is 0.138. The van der Waals surface area contributed by atoms with Gasteiger partial charge in [0, 0.05) is 11.1 Å². The predicted octanol–water partition coefficient (Wildman–Crippen LogP) is 3.31. The first kappa shape index (κ1) is 22.7.